The molecule has 106 valence electrons. The second-order valence-electron chi connectivity index (χ2n) is 4.44. The van der Waals surface area contributed by atoms with Gasteiger partial charge < -0.3 is 5.32 Å². The van der Waals surface area contributed by atoms with E-state index >= 15 is 0 Å². The van der Waals surface area contributed by atoms with Gasteiger partial charge in [0.05, 0.1) is 30.3 Å². The van der Waals surface area contributed by atoms with Crippen LogP contribution >= 0.6 is 12.4 Å². The minimum Gasteiger partial charge on any atom is -0.377 e. The van der Waals surface area contributed by atoms with Crippen LogP contribution in [-0.4, -0.2) is 19.6 Å². The van der Waals surface area contributed by atoms with Crippen molar-refractivity contribution in [3.8, 4) is 0 Å². The van der Waals surface area contributed by atoms with Crippen LogP contribution in [0.2, 0.25) is 0 Å². The van der Waals surface area contributed by atoms with E-state index in [1.54, 1.807) is 0 Å². The highest BCUT2D eigenvalue weighted by Crippen LogP contribution is 2.11. The Kier molecular flexibility index (Phi) is 5.89. The summed E-state index contributed by atoms with van der Waals surface area (Å²) in [6.07, 6.45) is 6.94. The van der Waals surface area contributed by atoms with E-state index in [9.17, 15) is 0 Å². The molecule has 0 spiro atoms. The smallest absolute Gasteiger partial charge is 0.0729 e. The number of aromatic nitrogens is 4. The van der Waals surface area contributed by atoms with Crippen LogP contribution in [0.4, 0.5) is 5.69 Å². The standard InChI is InChI=1S/C13H21N5.ClH/c1-4-6-17-10-12(8-15-17)14-9-13-11(3)7-16-18(13)5-2;/h7-8,10,14H,4-6,9H2,1-3H3;1H. The highest BCUT2D eigenvalue weighted by atomic mass is 35.5. The summed E-state index contributed by atoms with van der Waals surface area (Å²) in [6.45, 7) is 9.01. The molecule has 6 heteroatoms. The van der Waals surface area contributed by atoms with Gasteiger partial charge in [-0.3, -0.25) is 9.36 Å². The van der Waals surface area contributed by atoms with Gasteiger partial charge in [-0.2, -0.15) is 10.2 Å². The number of nitrogens with one attached hydrogen (secondary N) is 1. The zero-order chi connectivity index (χ0) is 13.0. The van der Waals surface area contributed by atoms with E-state index in [0.29, 0.717) is 0 Å². The van der Waals surface area contributed by atoms with Crippen LogP contribution < -0.4 is 5.32 Å². The van der Waals surface area contributed by atoms with Crippen LogP contribution in [0.15, 0.2) is 18.6 Å². The second-order valence-corrected chi connectivity index (χ2v) is 4.44. The molecule has 5 nitrogen and oxygen atoms in total. The molecule has 0 fully saturated rings. The predicted octanol–water partition coefficient (Wildman–Crippen LogP) is 2.85. The summed E-state index contributed by atoms with van der Waals surface area (Å²) in [5.41, 5.74) is 3.53. The first-order valence-electron chi connectivity index (χ1n) is 6.52. The van der Waals surface area contributed by atoms with Crippen molar-refractivity contribution in [3.63, 3.8) is 0 Å². The average Bonchev–Trinajstić information content (AvgIpc) is 2.94. The van der Waals surface area contributed by atoms with Crippen LogP contribution in [0, 0.1) is 6.92 Å². The fourth-order valence-corrected chi connectivity index (χ4v) is 2.00. The lowest BCUT2D eigenvalue weighted by atomic mass is 10.2. The number of aryl methyl sites for hydroxylation is 3. The highest BCUT2D eigenvalue weighted by Gasteiger charge is 2.06. The Balaban J connectivity index is 0.00000180. The molecular formula is C13H22ClN5. The monoisotopic (exact) mass is 283 g/mol. The van der Waals surface area contributed by atoms with E-state index in [1.807, 2.05) is 28.0 Å². The number of nitrogens with zero attached hydrogens (tertiary/aromatic N) is 4. The number of halogens is 1. The third-order valence-corrected chi connectivity index (χ3v) is 3.00. The van der Waals surface area contributed by atoms with Crippen molar-refractivity contribution in [2.45, 2.75) is 46.8 Å². The maximum atomic E-state index is 4.34. The third kappa shape index (κ3) is 3.73. The summed E-state index contributed by atoms with van der Waals surface area (Å²) >= 11 is 0. The lowest BCUT2D eigenvalue weighted by molar-refractivity contribution is 0.603. The van der Waals surface area contributed by atoms with Crippen molar-refractivity contribution in [3.05, 3.63) is 29.8 Å². The van der Waals surface area contributed by atoms with Crippen molar-refractivity contribution in [2.24, 2.45) is 0 Å². The van der Waals surface area contributed by atoms with Gasteiger partial charge >= 0.3 is 0 Å². The minimum atomic E-state index is 0. The molecule has 0 aromatic carbocycles. The Morgan fingerprint density at radius 3 is 2.68 bits per heavy atom. The zero-order valence-electron chi connectivity index (χ0n) is 11.8. The van der Waals surface area contributed by atoms with Crippen LogP contribution in [0.25, 0.3) is 0 Å². The largest absolute Gasteiger partial charge is 0.377 e. The first-order chi connectivity index (χ1) is 8.74. The Morgan fingerprint density at radius 1 is 1.21 bits per heavy atom. The maximum absolute atomic E-state index is 4.34. The molecule has 0 atom stereocenters. The van der Waals surface area contributed by atoms with Crippen LogP contribution in [0.3, 0.4) is 0 Å². The van der Waals surface area contributed by atoms with Crippen molar-refractivity contribution in [1.82, 2.24) is 19.6 Å². The molecule has 0 saturated carbocycles. The maximum Gasteiger partial charge on any atom is 0.0729 e. The number of hydrogen-bond acceptors (Lipinski definition) is 3. The summed E-state index contributed by atoms with van der Waals surface area (Å²) in [7, 11) is 0. The van der Waals surface area contributed by atoms with Gasteiger partial charge in [0.25, 0.3) is 0 Å². The van der Waals surface area contributed by atoms with Gasteiger partial charge in [-0.1, -0.05) is 6.92 Å². The van der Waals surface area contributed by atoms with Gasteiger partial charge in [-0.05, 0) is 25.8 Å². The molecular weight excluding hydrogens is 262 g/mol. The zero-order valence-corrected chi connectivity index (χ0v) is 12.6. The molecule has 0 saturated heterocycles. The van der Waals surface area contributed by atoms with E-state index in [4.69, 9.17) is 0 Å². The first kappa shape index (κ1) is 15.6. The molecule has 0 aliphatic heterocycles. The van der Waals surface area contributed by atoms with Crippen LogP contribution in [-0.2, 0) is 19.6 Å². The van der Waals surface area contributed by atoms with Crippen molar-refractivity contribution in [2.75, 3.05) is 5.32 Å². The summed E-state index contributed by atoms with van der Waals surface area (Å²) in [5.74, 6) is 0. The van der Waals surface area contributed by atoms with E-state index in [-0.39, 0.29) is 12.4 Å². The normalized spacial score (nSPS) is 10.3. The first-order valence-corrected chi connectivity index (χ1v) is 6.52. The van der Waals surface area contributed by atoms with Crippen LogP contribution in [0.1, 0.15) is 31.5 Å². The average molecular weight is 284 g/mol. The minimum absolute atomic E-state index is 0. The van der Waals surface area contributed by atoms with E-state index < -0.39 is 0 Å². The molecule has 0 radical (unpaired) electrons. The molecule has 0 bridgehead atoms. The Hall–Kier alpha value is -1.49. The van der Waals surface area contributed by atoms with Crippen molar-refractivity contribution >= 4 is 18.1 Å². The molecule has 0 amide bonds. The molecule has 1 N–H and O–H groups in total. The molecule has 2 heterocycles. The molecule has 0 unspecified atom stereocenters. The number of rotatable bonds is 6. The van der Waals surface area contributed by atoms with Gasteiger partial charge in [0, 0.05) is 19.3 Å². The number of anilines is 1. The topological polar surface area (TPSA) is 47.7 Å². The summed E-state index contributed by atoms with van der Waals surface area (Å²) in [6, 6.07) is 0. The quantitative estimate of drug-likeness (QED) is 0.887. The van der Waals surface area contributed by atoms with Crippen molar-refractivity contribution in [1.29, 1.82) is 0 Å². The van der Waals surface area contributed by atoms with Crippen molar-refractivity contribution < 1.29 is 0 Å². The van der Waals surface area contributed by atoms with Gasteiger partial charge in [0.15, 0.2) is 0 Å². The fraction of sp³-hybridized carbons (Fsp3) is 0.538. The van der Waals surface area contributed by atoms with E-state index in [1.165, 1.54) is 11.3 Å². The Bertz CT molecular complexity index is 503. The Morgan fingerprint density at radius 2 is 2.00 bits per heavy atom. The fourth-order valence-electron chi connectivity index (χ4n) is 2.00. The SMILES string of the molecule is CCCn1cc(NCc2c(C)cnn2CC)cn1.Cl. The molecule has 0 aliphatic carbocycles. The summed E-state index contributed by atoms with van der Waals surface area (Å²) in [5, 5.41) is 12.0. The van der Waals surface area contributed by atoms with Crippen LogP contribution in [0.5, 0.6) is 0 Å². The molecule has 19 heavy (non-hydrogen) atoms. The van der Waals surface area contributed by atoms with E-state index in [2.05, 4.69) is 36.3 Å². The second kappa shape index (κ2) is 7.19. The lowest BCUT2D eigenvalue weighted by Gasteiger charge is -2.07. The van der Waals surface area contributed by atoms with E-state index in [0.717, 1.165) is 31.7 Å². The van der Waals surface area contributed by atoms with Gasteiger partial charge in [0.1, 0.15) is 0 Å². The molecule has 2 aromatic rings. The van der Waals surface area contributed by atoms with Gasteiger partial charge in [-0.15, -0.1) is 12.4 Å². The molecule has 2 rings (SSSR count). The summed E-state index contributed by atoms with van der Waals surface area (Å²) < 4.78 is 3.99. The van der Waals surface area contributed by atoms with Gasteiger partial charge in [-0.25, -0.2) is 0 Å². The predicted molar refractivity (Wildman–Crippen MR) is 79.7 cm³/mol. The van der Waals surface area contributed by atoms with Gasteiger partial charge in [0.2, 0.25) is 0 Å². The Labute approximate surface area is 120 Å². The number of hydrogen-bond donors (Lipinski definition) is 1. The summed E-state index contributed by atoms with van der Waals surface area (Å²) in [4.78, 5) is 0. The lowest BCUT2D eigenvalue weighted by Crippen LogP contribution is -2.08. The molecule has 2 aromatic heterocycles. The third-order valence-electron chi connectivity index (χ3n) is 3.00. The molecule has 0 aliphatic rings. The highest BCUT2D eigenvalue weighted by molar-refractivity contribution is 5.85.